The number of aryl methyl sites for hydroxylation is 1. The molecule has 2 aliphatic heterocycles. The lowest BCUT2D eigenvalue weighted by Gasteiger charge is -2.23. The van der Waals surface area contributed by atoms with E-state index in [2.05, 4.69) is 31.2 Å². The van der Waals surface area contributed by atoms with Crippen LogP contribution in [0.4, 0.5) is 0 Å². The zero-order chi connectivity index (χ0) is 20.7. The summed E-state index contributed by atoms with van der Waals surface area (Å²) in [6.07, 6.45) is 9.16. The molecule has 0 bridgehead atoms. The highest BCUT2D eigenvalue weighted by Crippen LogP contribution is 2.20. The topological polar surface area (TPSA) is 101 Å². The number of aromatic nitrogens is 2. The minimum Gasteiger partial charge on any atom is -0.377 e. The molecule has 2 atom stereocenters. The number of aliphatic imine (C=N–C) groups is 1. The van der Waals surface area contributed by atoms with E-state index in [1.165, 1.54) is 5.56 Å². The summed E-state index contributed by atoms with van der Waals surface area (Å²) in [5, 5.41) is 7.44. The highest BCUT2D eigenvalue weighted by atomic mass is 32.2. The van der Waals surface area contributed by atoms with Gasteiger partial charge in [-0.3, -0.25) is 9.67 Å². The van der Waals surface area contributed by atoms with E-state index in [-0.39, 0.29) is 11.9 Å². The second-order valence-corrected chi connectivity index (χ2v) is 9.88. The highest BCUT2D eigenvalue weighted by Gasteiger charge is 2.25. The molecule has 3 rings (SSSR count). The monoisotopic (exact) mass is 426 g/mol. The summed E-state index contributed by atoms with van der Waals surface area (Å²) in [5.74, 6) is 1.34. The third-order valence-electron chi connectivity index (χ3n) is 5.54. The van der Waals surface area contributed by atoms with Gasteiger partial charge >= 0.3 is 0 Å². The van der Waals surface area contributed by atoms with Gasteiger partial charge in [0.25, 0.3) is 0 Å². The van der Waals surface area contributed by atoms with Crippen molar-refractivity contribution in [2.45, 2.75) is 38.2 Å². The Labute approximate surface area is 173 Å². The SMILES string of the molecule is CN=C(NCCS(=O)(=O)NCC1CCCCO1)N1CCC(Cc2cnn(C)c2)C1. The van der Waals surface area contributed by atoms with Gasteiger partial charge in [0.1, 0.15) is 0 Å². The second-order valence-electron chi connectivity index (χ2n) is 7.96. The first-order chi connectivity index (χ1) is 13.9. The summed E-state index contributed by atoms with van der Waals surface area (Å²) in [5.41, 5.74) is 1.25. The molecule has 2 saturated heterocycles. The molecular formula is C19H34N6O3S. The van der Waals surface area contributed by atoms with E-state index in [0.29, 0.717) is 19.0 Å². The number of ether oxygens (including phenoxy) is 1. The lowest BCUT2D eigenvalue weighted by atomic mass is 10.0. The number of nitrogens with one attached hydrogen (secondary N) is 2. The number of nitrogens with zero attached hydrogens (tertiary/aromatic N) is 4. The molecule has 9 nitrogen and oxygen atoms in total. The lowest BCUT2D eigenvalue weighted by molar-refractivity contribution is 0.0200. The molecule has 164 valence electrons. The van der Waals surface area contributed by atoms with Gasteiger partial charge < -0.3 is 15.0 Å². The number of likely N-dealkylation sites (tertiary alicyclic amines) is 1. The van der Waals surface area contributed by atoms with Crippen LogP contribution in [0.1, 0.15) is 31.2 Å². The van der Waals surface area contributed by atoms with Crippen molar-refractivity contribution in [2.75, 3.05) is 45.6 Å². The molecule has 3 heterocycles. The maximum absolute atomic E-state index is 12.3. The fraction of sp³-hybridized carbons (Fsp3) is 0.789. The van der Waals surface area contributed by atoms with Crippen LogP contribution in [0.5, 0.6) is 0 Å². The molecule has 2 unspecified atom stereocenters. The van der Waals surface area contributed by atoms with Gasteiger partial charge in [-0.15, -0.1) is 0 Å². The molecule has 0 aliphatic carbocycles. The molecule has 0 amide bonds. The first kappa shape index (κ1) is 22.0. The molecule has 0 aromatic carbocycles. The Morgan fingerprint density at radius 3 is 2.93 bits per heavy atom. The zero-order valence-electron chi connectivity index (χ0n) is 17.5. The molecule has 2 N–H and O–H groups in total. The van der Waals surface area contributed by atoms with Crippen LogP contribution in [0.3, 0.4) is 0 Å². The number of guanidine groups is 1. The summed E-state index contributed by atoms with van der Waals surface area (Å²) in [6, 6.07) is 0. The van der Waals surface area contributed by atoms with E-state index >= 15 is 0 Å². The first-order valence-corrected chi connectivity index (χ1v) is 12.1. The number of sulfonamides is 1. The van der Waals surface area contributed by atoms with E-state index in [1.54, 1.807) is 7.05 Å². The zero-order valence-corrected chi connectivity index (χ0v) is 18.3. The number of rotatable bonds is 8. The fourth-order valence-electron chi connectivity index (χ4n) is 3.99. The summed E-state index contributed by atoms with van der Waals surface area (Å²) in [7, 11) is 0.339. The Hall–Kier alpha value is -1.65. The van der Waals surface area contributed by atoms with Crippen molar-refractivity contribution in [2.24, 2.45) is 18.0 Å². The fourth-order valence-corrected chi connectivity index (χ4v) is 4.95. The van der Waals surface area contributed by atoms with E-state index in [9.17, 15) is 8.42 Å². The smallest absolute Gasteiger partial charge is 0.213 e. The van der Waals surface area contributed by atoms with Crippen molar-refractivity contribution < 1.29 is 13.2 Å². The van der Waals surface area contributed by atoms with Crippen LogP contribution in [0.15, 0.2) is 17.4 Å². The van der Waals surface area contributed by atoms with Crippen LogP contribution in [0.25, 0.3) is 0 Å². The quantitative estimate of drug-likeness (QED) is 0.460. The van der Waals surface area contributed by atoms with Gasteiger partial charge in [-0.2, -0.15) is 5.10 Å². The van der Waals surface area contributed by atoms with Crippen LogP contribution in [-0.2, 0) is 28.2 Å². The summed E-state index contributed by atoms with van der Waals surface area (Å²) >= 11 is 0. The average Bonchev–Trinajstić information content (AvgIpc) is 3.34. The predicted molar refractivity (Wildman–Crippen MR) is 113 cm³/mol. The minimum absolute atomic E-state index is 0.000553. The van der Waals surface area contributed by atoms with Gasteiger partial charge in [-0.1, -0.05) is 0 Å². The molecule has 2 fully saturated rings. The normalized spacial score (nSPS) is 23.5. The van der Waals surface area contributed by atoms with Crippen molar-refractivity contribution >= 4 is 16.0 Å². The Balaban J connectivity index is 1.38. The van der Waals surface area contributed by atoms with E-state index in [1.807, 2.05) is 17.9 Å². The molecule has 2 aliphatic rings. The second kappa shape index (κ2) is 10.4. The Morgan fingerprint density at radius 2 is 2.24 bits per heavy atom. The molecule has 0 saturated carbocycles. The molecule has 10 heteroatoms. The molecule has 0 spiro atoms. The van der Waals surface area contributed by atoms with E-state index in [4.69, 9.17) is 4.74 Å². The highest BCUT2D eigenvalue weighted by molar-refractivity contribution is 7.89. The largest absolute Gasteiger partial charge is 0.377 e. The van der Waals surface area contributed by atoms with Crippen LogP contribution >= 0.6 is 0 Å². The molecule has 29 heavy (non-hydrogen) atoms. The summed E-state index contributed by atoms with van der Waals surface area (Å²) in [6.45, 7) is 3.26. The predicted octanol–water partition coefficient (Wildman–Crippen LogP) is 0.348. The van der Waals surface area contributed by atoms with Crippen molar-refractivity contribution in [1.82, 2.24) is 24.7 Å². The van der Waals surface area contributed by atoms with Gasteiger partial charge in [0, 0.05) is 53.1 Å². The van der Waals surface area contributed by atoms with Gasteiger partial charge in [-0.25, -0.2) is 13.1 Å². The summed E-state index contributed by atoms with van der Waals surface area (Å²) in [4.78, 5) is 6.54. The van der Waals surface area contributed by atoms with Crippen molar-refractivity contribution in [3.8, 4) is 0 Å². The van der Waals surface area contributed by atoms with Crippen molar-refractivity contribution in [3.63, 3.8) is 0 Å². The third kappa shape index (κ3) is 6.97. The molecule has 0 radical (unpaired) electrons. The Kier molecular flexibility index (Phi) is 7.91. The van der Waals surface area contributed by atoms with Gasteiger partial charge in [-0.05, 0) is 43.6 Å². The first-order valence-electron chi connectivity index (χ1n) is 10.5. The van der Waals surface area contributed by atoms with E-state index in [0.717, 1.165) is 57.8 Å². The van der Waals surface area contributed by atoms with Gasteiger partial charge in [0.2, 0.25) is 10.0 Å². The van der Waals surface area contributed by atoms with Crippen molar-refractivity contribution in [1.29, 1.82) is 0 Å². The van der Waals surface area contributed by atoms with Gasteiger partial charge in [0.15, 0.2) is 5.96 Å². The standard InChI is InChI=1S/C19H34N6O3S/c1-20-19(25-8-6-16(15-25)11-17-12-22-24(2)14-17)21-7-10-29(26,27)23-13-18-5-3-4-9-28-18/h12,14,16,18,23H,3-11,13,15H2,1-2H3,(H,20,21). The van der Waals surface area contributed by atoms with Crippen LogP contribution in [0, 0.1) is 5.92 Å². The molecule has 1 aromatic rings. The molecule has 1 aromatic heterocycles. The molecular weight excluding hydrogens is 392 g/mol. The van der Waals surface area contributed by atoms with Crippen LogP contribution in [0.2, 0.25) is 0 Å². The number of hydrogen-bond donors (Lipinski definition) is 2. The maximum atomic E-state index is 12.3. The summed E-state index contributed by atoms with van der Waals surface area (Å²) < 4.78 is 34.6. The maximum Gasteiger partial charge on any atom is 0.213 e. The minimum atomic E-state index is -3.33. The van der Waals surface area contributed by atoms with E-state index < -0.39 is 10.0 Å². The van der Waals surface area contributed by atoms with Gasteiger partial charge in [0.05, 0.1) is 18.1 Å². The third-order valence-corrected chi connectivity index (χ3v) is 6.89. The van der Waals surface area contributed by atoms with Crippen LogP contribution < -0.4 is 10.0 Å². The average molecular weight is 427 g/mol. The Bertz CT molecular complexity index is 773. The lowest BCUT2D eigenvalue weighted by Crippen LogP contribution is -2.44. The number of hydrogen-bond acceptors (Lipinski definition) is 5. The Morgan fingerprint density at radius 1 is 1.38 bits per heavy atom. The van der Waals surface area contributed by atoms with Crippen molar-refractivity contribution in [3.05, 3.63) is 18.0 Å². The van der Waals surface area contributed by atoms with Crippen LogP contribution in [-0.4, -0.2) is 80.7 Å².